The first-order valence-corrected chi connectivity index (χ1v) is 4.83. The number of aliphatic carboxylic acids is 1. The third-order valence-corrected chi connectivity index (χ3v) is 2.18. The molecule has 0 amide bonds. The van der Waals surface area contributed by atoms with Crippen molar-refractivity contribution in [2.45, 2.75) is 25.3 Å². The molecule has 0 saturated heterocycles. The van der Waals surface area contributed by atoms with E-state index in [9.17, 15) is 4.79 Å². The van der Waals surface area contributed by atoms with Crippen molar-refractivity contribution in [3.8, 4) is 5.75 Å². The number of carboxylic acids is 1. The maximum atomic E-state index is 10.4. The van der Waals surface area contributed by atoms with Crippen molar-refractivity contribution in [2.75, 3.05) is 0 Å². The normalized spacial score (nSPS) is 12.3. The van der Waals surface area contributed by atoms with Gasteiger partial charge in [0.15, 0.2) is 0 Å². The van der Waals surface area contributed by atoms with E-state index >= 15 is 0 Å². The lowest BCUT2D eigenvalue weighted by Gasteiger charge is -2.08. The van der Waals surface area contributed by atoms with E-state index in [1.807, 2.05) is 12.1 Å². The van der Waals surface area contributed by atoms with Gasteiger partial charge in [-0.1, -0.05) is 12.1 Å². The van der Waals surface area contributed by atoms with E-state index in [0.717, 1.165) is 12.0 Å². The number of aryl methyl sites for hydroxylation is 1. The molecule has 1 rings (SSSR count). The first kappa shape index (κ1) is 11.5. The van der Waals surface area contributed by atoms with Crippen molar-refractivity contribution >= 4 is 5.97 Å². The summed E-state index contributed by atoms with van der Waals surface area (Å²) < 4.78 is 0. The number of nitrogens with two attached hydrogens (primary N) is 1. The van der Waals surface area contributed by atoms with Crippen molar-refractivity contribution < 1.29 is 15.0 Å². The van der Waals surface area contributed by atoms with Crippen LogP contribution in [0.4, 0.5) is 0 Å². The lowest BCUT2D eigenvalue weighted by atomic mass is 10.0. The molecule has 0 heterocycles. The van der Waals surface area contributed by atoms with Gasteiger partial charge in [-0.2, -0.15) is 0 Å². The van der Waals surface area contributed by atoms with Crippen LogP contribution in [-0.2, 0) is 11.2 Å². The van der Waals surface area contributed by atoms with E-state index in [1.165, 1.54) is 0 Å². The second-order valence-electron chi connectivity index (χ2n) is 3.56. The fraction of sp³-hybridized carbons (Fsp3) is 0.364. The van der Waals surface area contributed by atoms with Crippen molar-refractivity contribution in [1.29, 1.82) is 0 Å². The van der Waals surface area contributed by atoms with Gasteiger partial charge in [0.2, 0.25) is 0 Å². The number of hydrogen-bond donors (Lipinski definition) is 3. The minimum Gasteiger partial charge on any atom is -0.508 e. The Balaban J connectivity index is 2.36. The van der Waals surface area contributed by atoms with Crippen LogP contribution in [-0.4, -0.2) is 22.2 Å². The SMILES string of the molecule is NC(CCc1ccc(O)cc1)CC(=O)O. The smallest absolute Gasteiger partial charge is 0.304 e. The second-order valence-corrected chi connectivity index (χ2v) is 3.56. The highest BCUT2D eigenvalue weighted by molar-refractivity contribution is 5.67. The molecule has 0 spiro atoms. The van der Waals surface area contributed by atoms with Gasteiger partial charge in [0.1, 0.15) is 5.75 Å². The Labute approximate surface area is 88.3 Å². The Morgan fingerprint density at radius 1 is 1.33 bits per heavy atom. The molecule has 1 atom stereocenters. The molecule has 0 bridgehead atoms. The fourth-order valence-corrected chi connectivity index (χ4v) is 1.34. The average Bonchev–Trinajstić information content (AvgIpc) is 2.16. The van der Waals surface area contributed by atoms with Crippen LogP contribution in [0.1, 0.15) is 18.4 Å². The molecular formula is C11H15NO3. The third kappa shape index (κ3) is 4.46. The van der Waals surface area contributed by atoms with Crippen LogP contribution in [0, 0.1) is 0 Å². The van der Waals surface area contributed by atoms with Crippen LogP contribution < -0.4 is 5.73 Å². The van der Waals surface area contributed by atoms with Gasteiger partial charge in [0.05, 0.1) is 6.42 Å². The molecule has 0 aromatic heterocycles. The lowest BCUT2D eigenvalue weighted by molar-refractivity contribution is -0.137. The molecule has 82 valence electrons. The molecule has 1 unspecified atom stereocenters. The number of carboxylic acid groups (broad SMARTS) is 1. The summed E-state index contributed by atoms with van der Waals surface area (Å²) in [4.78, 5) is 10.4. The third-order valence-electron chi connectivity index (χ3n) is 2.18. The molecule has 0 aliphatic carbocycles. The molecule has 0 aliphatic heterocycles. The van der Waals surface area contributed by atoms with Crippen LogP contribution in [0.5, 0.6) is 5.75 Å². The number of carbonyl (C=O) groups is 1. The Kier molecular flexibility index (Phi) is 4.12. The Morgan fingerprint density at radius 3 is 2.47 bits per heavy atom. The summed E-state index contributed by atoms with van der Waals surface area (Å²) in [5.41, 5.74) is 6.67. The van der Waals surface area contributed by atoms with Crippen molar-refractivity contribution in [2.24, 2.45) is 5.73 Å². The van der Waals surface area contributed by atoms with Crippen LogP contribution in [0.2, 0.25) is 0 Å². The molecular weight excluding hydrogens is 194 g/mol. The topological polar surface area (TPSA) is 83.5 Å². The van der Waals surface area contributed by atoms with Gasteiger partial charge in [0.25, 0.3) is 0 Å². The quantitative estimate of drug-likeness (QED) is 0.678. The standard InChI is InChI=1S/C11H15NO3/c12-9(7-11(14)15)4-1-8-2-5-10(13)6-3-8/h2-3,5-6,9,13H,1,4,7,12H2,(H,14,15). The zero-order chi connectivity index (χ0) is 11.3. The summed E-state index contributed by atoms with van der Waals surface area (Å²) in [5.74, 6) is -0.637. The zero-order valence-corrected chi connectivity index (χ0v) is 8.39. The average molecular weight is 209 g/mol. The fourth-order valence-electron chi connectivity index (χ4n) is 1.34. The van der Waals surface area contributed by atoms with E-state index in [4.69, 9.17) is 15.9 Å². The van der Waals surface area contributed by atoms with Gasteiger partial charge >= 0.3 is 5.97 Å². The van der Waals surface area contributed by atoms with Crippen LogP contribution >= 0.6 is 0 Å². The summed E-state index contributed by atoms with van der Waals surface area (Å²) >= 11 is 0. The van der Waals surface area contributed by atoms with Gasteiger partial charge in [-0.15, -0.1) is 0 Å². The Morgan fingerprint density at radius 2 is 1.93 bits per heavy atom. The summed E-state index contributed by atoms with van der Waals surface area (Å²) in [6.45, 7) is 0. The summed E-state index contributed by atoms with van der Waals surface area (Å²) in [6, 6.07) is 6.53. The highest BCUT2D eigenvalue weighted by Gasteiger charge is 2.07. The molecule has 15 heavy (non-hydrogen) atoms. The molecule has 1 aromatic carbocycles. The summed E-state index contributed by atoms with van der Waals surface area (Å²) in [5, 5.41) is 17.6. The first-order valence-electron chi connectivity index (χ1n) is 4.83. The second kappa shape index (κ2) is 5.36. The highest BCUT2D eigenvalue weighted by atomic mass is 16.4. The molecule has 4 heteroatoms. The maximum Gasteiger partial charge on any atom is 0.304 e. The molecule has 4 N–H and O–H groups in total. The number of hydrogen-bond acceptors (Lipinski definition) is 3. The van der Waals surface area contributed by atoms with Gasteiger partial charge in [0, 0.05) is 6.04 Å². The molecule has 0 aliphatic rings. The van der Waals surface area contributed by atoms with Gasteiger partial charge < -0.3 is 15.9 Å². The zero-order valence-electron chi connectivity index (χ0n) is 8.39. The number of aromatic hydroxyl groups is 1. The van der Waals surface area contributed by atoms with E-state index in [1.54, 1.807) is 12.1 Å². The highest BCUT2D eigenvalue weighted by Crippen LogP contribution is 2.12. The van der Waals surface area contributed by atoms with Crippen molar-refractivity contribution in [3.05, 3.63) is 29.8 Å². The lowest BCUT2D eigenvalue weighted by Crippen LogP contribution is -2.24. The van der Waals surface area contributed by atoms with Crippen molar-refractivity contribution in [3.63, 3.8) is 0 Å². The number of phenols is 1. The minimum absolute atomic E-state index is 0.00190. The van der Waals surface area contributed by atoms with Crippen LogP contribution in [0.15, 0.2) is 24.3 Å². The minimum atomic E-state index is -0.867. The largest absolute Gasteiger partial charge is 0.508 e. The number of benzene rings is 1. The van der Waals surface area contributed by atoms with E-state index in [0.29, 0.717) is 6.42 Å². The molecule has 1 aromatic rings. The van der Waals surface area contributed by atoms with Gasteiger partial charge in [-0.05, 0) is 30.5 Å². The Bertz CT molecular complexity index is 321. The number of rotatable bonds is 5. The first-order chi connectivity index (χ1) is 7.08. The number of phenolic OH excluding ortho intramolecular Hbond substituents is 1. The molecule has 4 nitrogen and oxygen atoms in total. The van der Waals surface area contributed by atoms with Gasteiger partial charge in [-0.3, -0.25) is 4.79 Å². The van der Waals surface area contributed by atoms with Gasteiger partial charge in [-0.25, -0.2) is 0 Å². The monoisotopic (exact) mass is 209 g/mol. The van der Waals surface area contributed by atoms with Crippen LogP contribution in [0.25, 0.3) is 0 Å². The maximum absolute atomic E-state index is 10.4. The summed E-state index contributed by atoms with van der Waals surface area (Å²) in [6.07, 6.45) is 1.36. The predicted molar refractivity (Wildman–Crippen MR) is 56.7 cm³/mol. The molecule has 0 saturated carbocycles. The van der Waals surface area contributed by atoms with E-state index < -0.39 is 5.97 Å². The van der Waals surface area contributed by atoms with Crippen molar-refractivity contribution in [1.82, 2.24) is 0 Å². The van der Waals surface area contributed by atoms with Crippen LogP contribution in [0.3, 0.4) is 0 Å². The predicted octanol–water partition coefficient (Wildman–Crippen LogP) is 1.13. The Hall–Kier alpha value is -1.55. The van der Waals surface area contributed by atoms with E-state index in [-0.39, 0.29) is 18.2 Å². The molecule has 0 radical (unpaired) electrons. The summed E-state index contributed by atoms with van der Waals surface area (Å²) in [7, 11) is 0. The molecule has 0 fully saturated rings. The van der Waals surface area contributed by atoms with E-state index in [2.05, 4.69) is 0 Å².